The van der Waals surface area contributed by atoms with Crippen LogP contribution in [0, 0.1) is 17.0 Å². The van der Waals surface area contributed by atoms with E-state index in [2.05, 4.69) is 14.6 Å². The van der Waals surface area contributed by atoms with Gasteiger partial charge in [-0.05, 0) is 31.2 Å². The first-order chi connectivity index (χ1) is 16.3. The Bertz CT molecular complexity index is 1320. The molecule has 4 rings (SSSR count). The number of fused-ring (bicyclic) bond motifs is 1. The van der Waals surface area contributed by atoms with Crippen molar-refractivity contribution >= 4 is 38.1 Å². The van der Waals surface area contributed by atoms with Crippen molar-refractivity contribution in [1.82, 2.24) is 14.6 Å². The Morgan fingerprint density at radius 2 is 1.76 bits per heavy atom. The van der Waals surface area contributed by atoms with E-state index in [1.807, 2.05) is 6.92 Å². The van der Waals surface area contributed by atoms with Crippen LogP contribution in [0.5, 0.6) is 0 Å². The number of nitro groups is 1. The van der Waals surface area contributed by atoms with Crippen molar-refractivity contribution in [2.45, 2.75) is 18.2 Å². The lowest BCUT2D eigenvalue weighted by Gasteiger charge is -2.36. The zero-order valence-corrected chi connectivity index (χ0v) is 19.5. The van der Waals surface area contributed by atoms with E-state index in [1.54, 1.807) is 35.4 Å². The molecule has 1 amide bonds. The Morgan fingerprint density at radius 1 is 1.06 bits per heavy atom. The van der Waals surface area contributed by atoms with Gasteiger partial charge in [0.25, 0.3) is 5.69 Å². The summed E-state index contributed by atoms with van der Waals surface area (Å²) in [7, 11) is -3.66. The summed E-state index contributed by atoms with van der Waals surface area (Å²) in [5.41, 5.74) is 1.83. The Kier molecular flexibility index (Phi) is 6.75. The highest BCUT2D eigenvalue weighted by molar-refractivity contribution is 7.89. The molecule has 1 fully saturated rings. The van der Waals surface area contributed by atoms with E-state index in [0.29, 0.717) is 31.6 Å². The normalized spacial score (nSPS) is 14.4. The van der Waals surface area contributed by atoms with Gasteiger partial charge in [0, 0.05) is 68.7 Å². The molecule has 0 aliphatic carbocycles. The number of hydrogen-bond acceptors (Lipinski definition) is 7. The topological polar surface area (TPSA) is 126 Å². The molecular weight excluding hydrogens is 458 g/mol. The molecule has 10 nitrogen and oxygen atoms in total. The zero-order valence-electron chi connectivity index (χ0n) is 18.7. The summed E-state index contributed by atoms with van der Waals surface area (Å²) in [6.07, 6.45) is 3.17. The van der Waals surface area contributed by atoms with Gasteiger partial charge in [-0.2, -0.15) is 0 Å². The van der Waals surface area contributed by atoms with Crippen LogP contribution in [-0.4, -0.2) is 61.9 Å². The van der Waals surface area contributed by atoms with Gasteiger partial charge < -0.3 is 9.80 Å². The van der Waals surface area contributed by atoms with Crippen LogP contribution >= 0.6 is 0 Å². The van der Waals surface area contributed by atoms with E-state index < -0.39 is 14.9 Å². The number of rotatable bonds is 7. The Labute approximate surface area is 197 Å². The minimum Gasteiger partial charge on any atom is -0.367 e. The smallest absolute Gasteiger partial charge is 0.278 e. The maximum absolute atomic E-state index is 12.6. The van der Waals surface area contributed by atoms with E-state index in [4.69, 9.17) is 0 Å². The van der Waals surface area contributed by atoms with Gasteiger partial charge in [-0.25, -0.2) is 13.1 Å². The molecule has 0 atom stereocenters. The summed E-state index contributed by atoms with van der Waals surface area (Å²) in [5, 5.41) is 12.6. The molecule has 0 spiro atoms. The minimum absolute atomic E-state index is 0.00810. The van der Waals surface area contributed by atoms with E-state index in [1.165, 1.54) is 24.4 Å². The number of nitro benzene ring substituents is 1. The molecule has 2 aromatic carbocycles. The van der Waals surface area contributed by atoms with Gasteiger partial charge >= 0.3 is 0 Å². The molecule has 0 radical (unpaired) electrons. The number of anilines is 1. The molecule has 1 aliphatic rings. The van der Waals surface area contributed by atoms with Crippen LogP contribution < -0.4 is 9.62 Å². The zero-order chi connectivity index (χ0) is 24.3. The highest BCUT2D eigenvalue weighted by Gasteiger charge is 2.24. The van der Waals surface area contributed by atoms with Crippen LogP contribution in [0.1, 0.15) is 12.0 Å². The summed E-state index contributed by atoms with van der Waals surface area (Å²) in [5.74, 6) is -0.121. The number of aromatic nitrogens is 1. The SMILES string of the molecule is Cc1ccc(S(=O)(=O)NCCC(=O)N2CCN(c3ccc([N+](=O)[O-])c4cnccc34)CC2)cc1. The molecule has 1 aromatic heterocycles. The Hall–Kier alpha value is -3.57. The van der Waals surface area contributed by atoms with Crippen LogP contribution in [0.15, 0.2) is 59.8 Å². The maximum Gasteiger partial charge on any atom is 0.278 e. The van der Waals surface area contributed by atoms with E-state index in [-0.39, 0.29) is 29.5 Å². The molecule has 1 aliphatic heterocycles. The highest BCUT2D eigenvalue weighted by Crippen LogP contribution is 2.33. The van der Waals surface area contributed by atoms with Crippen LogP contribution in [0.2, 0.25) is 0 Å². The number of amides is 1. The number of pyridine rings is 1. The molecule has 3 aromatic rings. The lowest BCUT2D eigenvalue weighted by atomic mass is 10.1. The second kappa shape index (κ2) is 9.74. The number of nitrogens with zero attached hydrogens (tertiary/aromatic N) is 4. The third kappa shape index (κ3) is 5.00. The van der Waals surface area contributed by atoms with Crippen molar-refractivity contribution in [3.05, 3.63) is 70.5 Å². The largest absolute Gasteiger partial charge is 0.367 e. The quantitative estimate of drug-likeness (QED) is 0.404. The van der Waals surface area contributed by atoms with Crippen LogP contribution in [0.4, 0.5) is 11.4 Å². The van der Waals surface area contributed by atoms with E-state index in [9.17, 15) is 23.3 Å². The summed E-state index contributed by atoms with van der Waals surface area (Å²) in [6.45, 7) is 3.99. The second-order valence-corrected chi connectivity index (χ2v) is 9.88. The minimum atomic E-state index is -3.66. The fourth-order valence-electron chi connectivity index (χ4n) is 4.04. The van der Waals surface area contributed by atoms with Gasteiger partial charge in [-0.1, -0.05) is 17.7 Å². The lowest BCUT2D eigenvalue weighted by molar-refractivity contribution is -0.383. The summed E-state index contributed by atoms with van der Waals surface area (Å²) in [6, 6.07) is 11.5. The van der Waals surface area contributed by atoms with Crippen LogP contribution in [0.25, 0.3) is 10.8 Å². The standard InChI is InChI=1S/C23H25N5O5S/c1-17-2-4-18(5-3-17)34(32,33)25-11-9-23(29)27-14-12-26(13-15-27)21-6-7-22(28(30)31)20-16-24-10-8-19(20)21/h2-8,10,16,25H,9,11-15H2,1H3. The summed E-state index contributed by atoms with van der Waals surface area (Å²) in [4.78, 5) is 31.6. The molecule has 0 bridgehead atoms. The number of sulfonamides is 1. The summed E-state index contributed by atoms with van der Waals surface area (Å²) < 4.78 is 27.3. The van der Waals surface area contributed by atoms with Gasteiger partial charge in [0.2, 0.25) is 15.9 Å². The van der Waals surface area contributed by atoms with Crippen molar-refractivity contribution in [1.29, 1.82) is 0 Å². The monoisotopic (exact) mass is 483 g/mol. The van der Waals surface area contributed by atoms with Crippen molar-refractivity contribution in [3.8, 4) is 0 Å². The van der Waals surface area contributed by atoms with Crippen molar-refractivity contribution in [2.24, 2.45) is 0 Å². The maximum atomic E-state index is 12.6. The molecule has 34 heavy (non-hydrogen) atoms. The number of non-ortho nitro benzene ring substituents is 1. The molecule has 0 unspecified atom stereocenters. The first kappa shape index (κ1) is 23.6. The second-order valence-electron chi connectivity index (χ2n) is 8.11. The predicted molar refractivity (Wildman–Crippen MR) is 128 cm³/mol. The van der Waals surface area contributed by atoms with Crippen molar-refractivity contribution < 1.29 is 18.1 Å². The van der Waals surface area contributed by atoms with Gasteiger partial charge in [-0.15, -0.1) is 0 Å². The number of carbonyl (C=O) groups excluding carboxylic acids is 1. The number of nitrogens with one attached hydrogen (secondary N) is 1. The fourth-order valence-corrected chi connectivity index (χ4v) is 5.07. The van der Waals surface area contributed by atoms with Gasteiger partial charge in [0.15, 0.2) is 0 Å². The molecule has 1 N–H and O–H groups in total. The molecule has 178 valence electrons. The number of carbonyl (C=O) groups is 1. The highest BCUT2D eigenvalue weighted by atomic mass is 32.2. The number of hydrogen-bond donors (Lipinski definition) is 1. The first-order valence-electron chi connectivity index (χ1n) is 10.9. The molecule has 0 saturated carbocycles. The first-order valence-corrected chi connectivity index (χ1v) is 12.3. The molecule has 11 heteroatoms. The fraction of sp³-hybridized carbons (Fsp3) is 0.304. The summed E-state index contributed by atoms with van der Waals surface area (Å²) >= 11 is 0. The predicted octanol–water partition coefficient (Wildman–Crippen LogP) is 2.47. The third-order valence-electron chi connectivity index (χ3n) is 5.90. The van der Waals surface area contributed by atoms with Gasteiger partial charge in [0.05, 0.1) is 15.2 Å². The number of aryl methyl sites for hydroxylation is 1. The van der Waals surface area contributed by atoms with Crippen molar-refractivity contribution in [3.63, 3.8) is 0 Å². The van der Waals surface area contributed by atoms with Crippen LogP contribution in [0.3, 0.4) is 0 Å². The molecular formula is C23H25N5O5S. The van der Waals surface area contributed by atoms with Gasteiger partial charge in [-0.3, -0.25) is 19.9 Å². The average molecular weight is 484 g/mol. The van der Waals surface area contributed by atoms with Gasteiger partial charge in [0.1, 0.15) is 0 Å². The Balaban J connectivity index is 1.34. The van der Waals surface area contributed by atoms with Crippen molar-refractivity contribution in [2.75, 3.05) is 37.6 Å². The molecule has 2 heterocycles. The van der Waals surface area contributed by atoms with E-state index in [0.717, 1.165) is 16.6 Å². The lowest BCUT2D eigenvalue weighted by Crippen LogP contribution is -2.49. The average Bonchev–Trinajstić information content (AvgIpc) is 2.83. The Morgan fingerprint density at radius 3 is 2.44 bits per heavy atom. The molecule has 1 saturated heterocycles. The van der Waals surface area contributed by atoms with Crippen LogP contribution in [-0.2, 0) is 14.8 Å². The third-order valence-corrected chi connectivity index (χ3v) is 7.38. The number of piperazine rings is 1. The van der Waals surface area contributed by atoms with E-state index >= 15 is 0 Å². The number of benzene rings is 2.